The van der Waals surface area contributed by atoms with Gasteiger partial charge in [0, 0.05) is 11.5 Å². The van der Waals surface area contributed by atoms with Gasteiger partial charge in [-0.3, -0.25) is 4.31 Å². The van der Waals surface area contributed by atoms with Crippen molar-refractivity contribution >= 4 is 44.8 Å². The lowest BCUT2D eigenvalue weighted by Crippen LogP contribution is -2.30. The molecule has 1 aromatic heterocycles. The first-order chi connectivity index (χ1) is 15.9. The van der Waals surface area contributed by atoms with Crippen LogP contribution in [0.3, 0.4) is 0 Å². The second kappa shape index (κ2) is 10.1. The van der Waals surface area contributed by atoms with E-state index in [-0.39, 0.29) is 23.6 Å². The number of nitrogens with zero attached hydrogens (tertiary/aromatic N) is 3. The summed E-state index contributed by atoms with van der Waals surface area (Å²) in [5.74, 6) is -0.689. The molecule has 7 nitrogen and oxygen atoms in total. The Hall–Kier alpha value is -3.27. The van der Waals surface area contributed by atoms with Crippen LogP contribution in [0.5, 0.6) is 0 Å². The van der Waals surface area contributed by atoms with Crippen molar-refractivity contribution in [2.24, 2.45) is 0 Å². The maximum absolute atomic E-state index is 13.6. The predicted molar refractivity (Wildman–Crippen MR) is 127 cm³/mol. The van der Waals surface area contributed by atoms with Gasteiger partial charge in [-0.25, -0.2) is 13.2 Å². The smallest absolute Gasteiger partial charge is 0.338 e. The molecule has 0 aliphatic heterocycles. The summed E-state index contributed by atoms with van der Waals surface area (Å²) in [7, 11) is -3.99. The summed E-state index contributed by atoms with van der Waals surface area (Å²) in [4.78, 5) is 12.5. The molecule has 4 aromatic rings. The SMILES string of the molecule is O=C(OCc1nnsc1Cl)c1cccc(S(=O)(=O)N(Cc2ccccc2)c2ccccc2)c1. The van der Waals surface area contributed by atoms with Crippen LogP contribution in [0.1, 0.15) is 21.6 Å². The fourth-order valence-electron chi connectivity index (χ4n) is 3.07. The minimum absolute atomic E-state index is 0.0231. The Kier molecular flexibility index (Phi) is 7.02. The third-order valence-corrected chi connectivity index (χ3v) is 7.47. The Morgan fingerprint density at radius 3 is 2.33 bits per heavy atom. The van der Waals surface area contributed by atoms with Gasteiger partial charge in [-0.05, 0) is 35.9 Å². The Morgan fingerprint density at radius 2 is 1.67 bits per heavy atom. The van der Waals surface area contributed by atoms with E-state index in [1.807, 2.05) is 36.4 Å². The van der Waals surface area contributed by atoms with Gasteiger partial charge in [0.1, 0.15) is 16.6 Å². The topological polar surface area (TPSA) is 89.5 Å². The third kappa shape index (κ3) is 5.39. The van der Waals surface area contributed by atoms with Gasteiger partial charge < -0.3 is 4.74 Å². The van der Waals surface area contributed by atoms with E-state index in [0.29, 0.717) is 15.7 Å². The van der Waals surface area contributed by atoms with Crippen molar-refractivity contribution < 1.29 is 17.9 Å². The van der Waals surface area contributed by atoms with Crippen molar-refractivity contribution in [1.29, 1.82) is 0 Å². The van der Waals surface area contributed by atoms with E-state index >= 15 is 0 Å². The zero-order valence-electron chi connectivity index (χ0n) is 17.2. The highest BCUT2D eigenvalue weighted by atomic mass is 35.5. The van der Waals surface area contributed by atoms with Crippen LogP contribution in [-0.4, -0.2) is 24.0 Å². The van der Waals surface area contributed by atoms with E-state index in [2.05, 4.69) is 9.59 Å². The summed E-state index contributed by atoms with van der Waals surface area (Å²) in [5, 5.41) is 3.79. The highest BCUT2D eigenvalue weighted by Gasteiger charge is 2.26. The molecule has 1 heterocycles. The summed E-state index contributed by atoms with van der Waals surface area (Å²) in [6.45, 7) is -0.0214. The molecular formula is C23H18ClN3O4S2. The highest BCUT2D eigenvalue weighted by Crippen LogP contribution is 2.27. The zero-order valence-corrected chi connectivity index (χ0v) is 19.6. The molecule has 0 fully saturated rings. The predicted octanol–water partition coefficient (Wildman–Crippen LogP) is 4.94. The van der Waals surface area contributed by atoms with Crippen LogP contribution in [0.25, 0.3) is 0 Å². The molecule has 3 aromatic carbocycles. The minimum atomic E-state index is -3.99. The molecule has 168 valence electrons. The molecule has 0 saturated carbocycles. The van der Waals surface area contributed by atoms with Gasteiger partial charge in [0.2, 0.25) is 0 Å². The molecule has 0 spiro atoms. The monoisotopic (exact) mass is 499 g/mol. The second-order valence-corrected chi connectivity index (χ2v) is 10.1. The Balaban J connectivity index is 1.62. The molecule has 0 amide bonds. The Labute approximate surface area is 200 Å². The maximum atomic E-state index is 13.6. The van der Waals surface area contributed by atoms with Crippen molar-refractivity contribution in [1.82, 2.24) is 9.59 Å². The number of carbonyl (C=O) groups is 1. The van der Waals surface area contributed by atoms with Crippen LogP contribution in [0, 0.1) is 0 Å². The highest BCUT2D eigenvalue weighted by molar-refractivity contribution is 7.92. The molecule has 33 heavy (non-hydrogen) atoms. The lowest BCUT2D eigenvalue weighted by atomic mass is 10.2. The summed E-state index contributed by atoms with van der Waals surface area (Å²) < 4.78 is 37.8. The molecule has 4 rings (SSSR count). The van der Waals surface area contributed by atoms with Gasteiger partial charge >= 0.3 is 5.97 Å². The van der Waals surface area contributed by atoms with E-state index in [4.69, 9.17) is 16.3 Å². The number of benzene rings is 3. The molecule has 0 aliphatic carbocycles. The van der Waals surface area contributed by atoms with Crippen molar-refractivity contribution in [3.05, 3.63) is 106 Å². The number of sulfonamides is 1. The number of ether oxygens (including phenoxy) is 1. The number of hydrogen-bond donors (Lipinski definition) is 0. The average molecular weight is 500 g/mol. The van der Waals surface area contributed by atoms with Crippen LogP contribution in [0.15, 0.2) is 89.8 Å². The minimum Gasteiger partial charge on any atom is -0.455 e. The van der Waals surface area contributed by atoms with E-state index in [0.717, 1.165) is 17.1 Å². The van der Waals surface area contributed by atoms with E-state index in [9.17, 15) is 13.2 Å². The Morgan fingerprint density at radius 1 is 0.970 bits per heavy atom. The maximum Gasteiger partial charge on any atom is 0.338 e. The first-order valence-corrected chi connectivity index (χ1v) is 12.4. The van der Waals surface area contributed by atoms with Crippen LogP contribution >= 0.6 is 23.1 Å². The quantitative estimate of drug-likeness (QED) is 0.319. The van der Waals surface area contributed by atoms with Crippen molar-refractivity contribution in [2.45, 2.75) is 18.0 Å². The van der Waals surface area contributed by atoms with Crippen LogP contribution in [0.4, 0.5) is 5.69 Å². The van der Waals surface area contributed by atoms with Crippen LogP contribution < -0.4 is 4.31 Å². The van der Waals surface area contributed by atoms with E-state index < -0.39 is 16.0 Å². The molecule has 0 unspecified atom stereocenters. The first-order valence-electron chi connectivity index (χ1n) is 9.81. The third-order valence-electron chi connectivity index (χ3n) is 4.72. The summed E-state index contributed by atoms with van der Waals surface area (Å²) in [6, 6.07) is 23.9. The number of anilines is 1. The van der Waals surface area contributed by atoms with Gasteiger partial charge in [-0.2, -0.15) is 0 Å². The first kappa shape index (κ1) is 22.9. The molecule has 0 radical (unpaired) electrons. The Bertz CT molecular complexity index is 1350. The summed E-state index contributed by atoms with van der Waals surface area (Å²) in [6.07, 6.45) is 0. The molecule has 10 heteroatoms. The van der Waals surface area contributed by atoms with Crippen molar-refractivity contribution in [3.8, 4) is 0 Å². The van der Waals surface area contributed by atoms with Gasteiger partial charge in [0.25, 0.3) is 10.0 Å². The normalized spacial score (nSPS) is 11.2. The van der Waals surface area contributed by atoms with Gasteiger partial charge in [-0.15, -0.1) is 5.10 Å². The number of esters is 1. The number of para-hydroxylation sites is 1. The number of carbonyl (C=O) groups excluding carboxylic acids is 1. The lowest BCUT2D eigenvalue weighted by Gasteiger charge is -2.25. The number of halogens is 1. The number of rotatable bonds is 8. The van der Waals surface area contributed by atoms with E-state index in [1.54, 1.807) is 24.3 Å². The second-order valence-electron chi connectivity index (χ2n) is 6.93. The van der Waals surface area contributed by atoms with Gasteiger partial charge in [0.05, 0.1) is 22.7 Å². The van der Waals surface area contributed by atoms with Crippen molar-refractivity contribution in [3.63, 3.8) is 0 Å². The molecule has 0 saturated heterocycles. The molecular weight excluding hydrogens is 482 g/mol. The molecule has 0 N–H and O–H groups in total. The van der Waals surface area contributed by atoms with Crippen molar-refractivity contribution in [2.75, 3.05) is 4.31 Å². The van der Waals surface area contributed by atoms with Gasteiger partial charge in [0.15, 0.2) is 0 Å². The molecule has 0 bridgehead atoms. The standard InChI is InChI=1S/C23H18ClN3O4S2/c24-22-21(25-26-32-22)16-31-23(28)18-10-7-13-20(14-18)33(29,30)27(19-11-5-2-6-12-19)15-17-8-3-1-4-9-17/h1-14H,15-16H2. The average Bonchev–Trinajstić information content (AvgIpc) is 3.26. The fourth-order valence-corrected chi connectivity index (χ4v) is 5.17. The summed E-state index contributed by atoms with van der Waals surface area (Å²) in [5.41, 5.74) is 1.79. The molecule has 0 aliphatic rings. The van der Waals surface area contributed by atoms with E-state index in [1.165, 1.54) is 28.6 Å². The number of aromatic nitrogens is 2. The lowest BCUT2D eigenvalue weighted by molar-refractivity contribution is 0.0467. The number of hydrogen-bond acceptors (Lipinski definition) is 7. The van der Waals surface area contributed by atoms with Gasteiger partial charge in [-0.1, -0.05) is 70.7 Å². The largest absolute Gasteiger partial charge is 0.455 e. The summed E-state index contributed by atoms with van der Waals surface area (Å²) >= 11 is 6.92. The van der Waals surface area contributed by atoms with Crippen LogP contribution in [0.2, 0.25) is 4.34 Å². The molecule has 0 atom stereocenters. The van der Waals surface area contributed by atoms with Crippen LogP contribution in [-0.2, 0) is 27.9 Å². The fraction of sp³-hybridized carbons (Fsp3) is 0.0870. The zero-order chi connectivity index (χ0) is 23.3.